The summed E-state index contributed by atoms with van der Waals surface area (Å²) in [7, 11) is 0. The number of carbonyl (C=O) groups excluding carboxylic acids is 3. The number of hydrogen-bond acceptors (Lipinski definition) is 9. The average Bonchev–Trinajstić information content (AvgIpc) is 3.90. The van der Waals surface area contributed by atoms with Crippen LogP contribution in [0.15, 0.2) is 49.6 Å². The summed E-state index contributed by atoms with van der Waals surface area (Å²) in [5.41, 5.74) is -4.10. The van der Waals surface area contributed by atoms with Crippen LogP contribution in [-0.4, -0.2) is 70.4 Å². The van der Waals surface area contributed by atoms with Crippen molar-refractivity contribution in [3.8, 4) is 0 Å². The van der Waals surface area contributed by atoms with Crippen molar-refractivity contribution in [1.82, 2.24) is 19.1 Å². The van der Waals surface area contributed by atoms with Crippen LogP contribution < -0.4 is 0 Å². The highest BCUT2D eigenvalue weighted by atomic mass is 16.6. The van der Waals surface area contributed by atoms with Gasteiger partial charge < -0.3 is 28.8 Å². The molecule has 2 unspecified atom stereocenters. The number of rotatable bonds is 4. The molecule has 7 fully saturated rings. The minimum Gasteiger partial charge on any atom is -0.461 e. The molecule has 2 N–H and O–H groups in total. The smallest absolute Gasteiger partial charge is 0.311 e. The number of Topliss-reactive ketones (excluding diaryl/α,β-unsaturated/α-hetero) is 1. The summed E-state index contributed by atoms with van der Waals surface area (Å²) in [4.78, 5) is 50.6. The van der Waals surface area contributed by atoms with Crippen molar-refractivity contribution in [2.45, 2.75) is 108 Å². The predicted octanol–water partition coefficient (Wildman–Crippen LogP) is 3.74. The van der Waals surface area contributed by atoms with Gasteiger partial charge in [-0.05, 0) is 68.6 Å². The zero-order valence-electron chi connectivity index (χ0n) is 28.4. The van der Waals surface area contributed by atoms with Crippen LogP contribution in [0.5, 0.6) is 0 Å². The van der Waals surface area contributed by atoms with Gasteiger partial charge in [0.05, 0.1) is 29.9 Å². The second kappa shape index (κ2) is 10.6. The first-order valence-electron chi connectivity index (χ1n) is 18.4. The standard InChI is InChI=1S/C38H48N4O7/c1-21-5-6-22-25(17-41-13-11-39-19-41)33(44)48-31(22)29-24(21)16-38(47)36(8-4-9-37(29,38)46)28(43)15-27-30(36)32-23(7-10-35(27,2)3)26(34(45)49-32)18-42-14-12-40-20-42/h11-14,19-20,22-27,29-32,46-47H,1,4-10,15-18H2,2-3H3/t22-,23-,24-,25?,26?,27+,29-,30-,31-,32-,36+,37-,38-/m0/s1. The molecule has 262 valence electrons. The fraction of sp³-hybridized carbons (Fsp3) is 0.711. The van der Waals surface area contributed by atoms with Crippen molar-refractivity contribution in [2.75, 3.05) is 0 Å². The Morgan fingerprint density at radius 3 is 2.10 bits per heavy atom. The molecule has 49 heavy (non-hydrogen) atoms. The summed E-state index contributed by atoms with van der Waals surface area (Å²) in [5.74, 6) is -3.13. The molecule has 2 aromatic heterocycles. The summed E-state index contributed by atoms with van der Waals surface area (Å²) in [5, 5.41) is 26.8. The monoisotopic (exact) mass is 672 g/mol. The number of imidazole rings is 2. The molecule has 5 saturated carbocycles. The number of carbonyl (C=O) groups is 3. The maximum atomic E-state index is 14.9. The number of ketones is 1. The van der Waals surface area contributed by atoms with E-state index in [4.69, 9.17) is 9.47 Å². The molecule has 0 radical (unpaired) electrons. The number of aromatic nitrogens is 4. The lowest BCUT2D eigenvalue weighted by molar-refractivity contribution is -0.258. The van der Waals surface area contributed by atoms with E-state index in [1.165, 1.54) is 0 Å². The molecule has 11 heteroatoms. The van der Waals surface area contributed by atoms with Crippen LogP contribution in [0.3, 0.4) is 0 Å². The van der Waals surface area contributed by atoms with Gasteiger partial charge in [0.15, 0.2) is 0 Å². The van der Waals surface area contributed by atoms with E-state index in [9.17, 15) is 24.6 Å². The van der Waals surface area contributed by atoms with E-state index in [-0.39, 0.29) is 65.6 Å². The molecule has 0 bridgehead atoms. The maximum absolute atomic E-state index is 14.9. The lowest BCUT2D eigenvalue weighted by atomic mass is 9.49. The molecular weight excluding hydrogens is 624 g/mol. The molecule has 4 heterocycles. The van der Waals surface area contributed by atoms with Crippen molar-refractivity contribution in [2.24, 2.45) is 58.2 Å². The third-order valence-electron chi connectivity index (χ3n) is 15.1. The Labute approximate surface area is 286 Å². The zero-order valence-corrected chi connectivity index (χ0v) is 28.4. The Kier molecular flexibility index (Phi) is 6.85. The summed E-state index contributed by atoms with van der Waals surface area (Å²) in [6.07, 6.45) is 14.1. The minimum atomic E-state index is -1.80. The van der Waals surface area contributed by atoms with Crippen molar-refractivity contribution >= 4 is 17.7 Å². The van der Waals surface area contributed by atoms with Crippen LogP contribution in [0.2, 0.25) is 0 Å². The highest BCUT2D eigenvalue weighted by Gasteiger charge is 2.82. The molecule has 5 aliphatic carbocycles. The maximum Gasteiger partial charge on any atom is 0.311 e. The summed E-state index contributed by atoms with van der Waals surface area (Å²) in [6, 6.07) is 0. The number of nitrogens with zero attached hydrogens (tertiary/aromatic N) is 4. The molecule has 0 aromatic carbocycles. The van der Waals surface area contributed by atoms with E-state index in [0.29, 0.717) is 45.2 Å². The molecule has 2 aliphatic heterocycles. The Balaban J connectivity index is 1.14. The Hall–Kier alpha value is -3.31. The number of allylic oxidation sites excluding steroid dienone is 1. The number of esters is 2. The highest BCUT2D eigenvalue weighted by molar-refractivity contribution is 5.90. The normalized spacial score (nSPS) is 46.7. The van der Waals surface area contributed by atoms with Gasteiger partial charge >= 0.3 is 11.9 Å². The first-order chi connectivity index (χ1) is 23.4. The summed E-state index contributed by atoms with van der Waals surface area (Å²) in [6.45, 7) is 9.82. The first-order valence-corrected chi connectivity index (χ1v) is 18.4. The Morgan fingerprint density at radius 2 is 1.49 bits per heavy atom. The van der Waals surface area contributed by atoms with E-state index in [0.717, 1.165) is 18.4 Å². The van der Waals surface area contributed by atoms with Crippen molar-refractivity contribution in [3.05, 3.63) is 49.6 Å². The summed E-state index contributed by atoms with van der Waals surface area (Å²) < 4.78 is 16.5. The molecule has 9 rings (SSSR count). The molecule has 11 nitrogen and oxygen atoms in total. The second-order valence-corrected chi connectivity index (χ2v) is 17.3. The van der Waals surface area contributed by atoms with E-state index in [1.807, 2.05) is 21.5 Å². The SMILES string of the molecule is C=C1CC[C@H]2C(Cn3ccnc3)C(=O)O[C@@H]2[C@@H]2[C@H]1C[C@@]1(O)[C@]2(O)CCC[C@]12C(=O)C[C@@H]1[C@H]2[C@H]2OC(=O)C(Cn3ccnc3)[C@@H]2CCC1(C)C. The van der Waals surface area contributed by atoms with E-state index in [2.05, 4.69) is 30.4 Å². The second-order valence-electron chi connectivity index (χ2n) is 17.3. The van der Waals surface area contributed by atoms with Crippen molar-refractivity contribution in [1.29, 1.82) is 0 Å². The van der Waals surface area contributed by atoms with Crippen molar-refractivity contribution < 1.29 is 34.1 Å². The molecule has 2 saturated heterocycles. The molecule has 13 atom stereocenters. The van der Waals surface area contributed by atoms with Gasteiger partial charge in [-0.3, -0.25) is 14.4 Å². The topological polar surface area (TPSA) is 146 Å². The van der Waals surface area contributed by atoms with Crippen LogP contribution >= 0.6 is 0 Å². The van der Waals surface area contributed by atoms with Gasteiger partial charge in [-0.25, -0.2) is 9.97 Å². The van der Waals surface area contributed by atoms with Gasteiger partial charge in [0, 0.05) is 68.0 Å². The van der Waals surface area contributed by atoms with Crippen LogP contribution in [-0.2, 0) is 36.9 Å². The van der Waals surface area contributed by atoms with E-state index in [1.54, 1.807) is 25.0 Å². The van der Waals surface area contributed by atoms with Crippen LogP contribution in [0.4, 0.5) is 0 Å². The van der Waals surface area contributed by atoms with Gasteiger partial charge in [0.2, 0.25) is 0 Å². The third-order valence-corrected chi connectivity index (χ3v) is 15.1. The molecule has 0 amide bonds. The fourth-order valence-electron chi connectivity index (χ4n) is 12.8. The van der Waals surface area contributed by atoms with Gasteiger partial charge in [0.25, 0.3) is 0 Å². The molecule has 2 aromatic rings. The fourth-order valence-corrected chi connectivity index (χ4v) is 12.8. The zero-order chi connectivity index (χ0) is 34.1. The largest absolute Gasteiger partial charge is 0.461 e. The lowest BCUT2D eigenvalue weighted by Gasteiger charge is -2.58. The van der Waals surface area contributed by atoms with Crippen molar-refractivity contribution in [3.63, 3.8) is 0 Å². The predicted molar refractivity (Wildman–Crippen MR) is 174 cm³/mol. The van der Waals surface area contributed by atoms with Gasteiger partial charge in [0.1, 0.15) is 29.2 Å². The Bertz CT molecular complexity index is 1690. The van der Waals surface area contributed by atoms with Gasteiger partial charge in [-0.15, -0.1) is 0 Å². The molecule has 7 aliphatic rings. The highest BCUT2D eigenvalue weighted by Crippen LogP contribution is 2.73. The average molecular weight is 673 g/mol. The van der Waals surface area contributed by atoms with E-state index < -0.39 is 46.6 Å². The molecular formula is C38H48N4O7. The number of fused-ring (bicyclic) bond motifs is 10. The van der Waals surface area contributed by atoms with Crippen LogP contribution in [0.1, 0.15) is 71.6 Å². The van der Waals surface area contributed by atoms with Gasteiger partial charge in [-0.2, -0.15) is 0 Å². The first kappa shape index (κ1) is 31.7. The van der Waals surface area contributed by atoms with E-state index >= 15 is 0 Å². The van der Waals surface area contributed by atoms with Gasteiger partial charge in [-0.1, -0.05) is 26.0 Å². The Morgan fingerprint density at radius 1 is 0.878 bits per heavy atom. The lowest BCUT2D eigenvalue weighted by Crippen LogP contribution is -2.71. The van der Waals surface area contributed by atoms with Crippen LogP contribution in [0.25, 0.3) is 0 Å². The minimum absolute atomic E-state index is 0.0222. The quantitative estimate of drug-likeness (QED) is 0.367. The third kappa shape index (κ3) is 4.11. The number of hydrogen-bond donors (Lipinski definition) is 2. The molecule has 1 spiro atoms. The summed E-state index contributed by atoms with van der Waals surface area (Å²) >= 11 is 0. The number of ether oxygens (including phenoxy) is 2. The number of aliphatic hydroxyl groups is 2. The van der Waals surface area contributed by atoms with Crippen LogP contribution in [0, 0.1) is 58.2 Å².